The predicted molar refractivity (Wildman–Crippen MR) is 92.9 cm³/mol. The Hall–Kier alpha value is -1.20. The van der Waals surface area contributed by atoms with Crippen LogP contribution in [0.2, 0.25) is 0 Å². The van der Waals surface area contributed by atoms with Gasteiger partial charge in [-0.15, -0.1) is 11.3 Å². The van der Waals surface area contributed by atoms with E-state index in [-0.39, 0.29) is 0 Å². The van der Waals surface area contributed by atoms with E-state index in [1.165, 1.54) is 30.4 Å². The van der Waals surface area contributed by atoms with Gasteiger partial charge >= 0.3 is 0 Å². The van der Waals surface area contributed by atoms with Crippen LogP contribution in [0.25, 0.3) is 10.2 Å². The molecule has 2 fully saturated rings. The number of hydrogen-bond acceptors (Lipinski definition) is 3. The maximum absolute atomic E-state index is 5.48. The number of anilines is 1. The maximum Gasteiger partial charge on any atom is 0.171 e. The largest absolute Gasteiger partial charge is 0.359 e. The van der Waals surface area contributed by atoms with E-state index in [0.717, 1.165) is 33.2 Å². The van der Waals surface area contributed by atoms with Crippen LogP contribution in [0, 0.1) is 18.8 Å². The van der Waals surface area contributed by atoms with Crippen molar-refractivity contribution >= 4 is 44.6 Å². The van der Waals surface area contributed by atoms with E-state index in [1.807, 2.05) is 6.92 Å². The Morgan fingerprint density at radius 2 is 2.24 bits per heavy atom. The molecule has 0 aliphatic heterocycles. The lowest BCUT2D eigenvalue weighted by atomic mass is 9.96. The Morgan fingerprint density at radius 3 is 3.00 bits per heavy atom. The Morgan fingerprint density at radius 1 is 1.33 bits per heavy atom. The molecule has 0 amide bonds. The third-order valence-corrected chi connectivity index (χ3v) is 5.96. The van der Waals surface area contributed by atoms with Crippen molar-refractivity contribution < 1.29 is 0 Å². The summed E-state index contributed by atoms with van der Waals surface area (Å²) in [5.74, 6) is 1.77. The molecule has 0 unspecified atom stereocenters. The lowest BCUT2D eigenvalue weighted by molar-refractivity contribution is 0.392. The number of fused-ring (bicyclic) bond motifs is 3. The smallest absolute Gasteiger partial charge is 0.171 e. The number of nitrogens with zero attached hydrogens (tertiary/aromatic N) is 1. The summed E-state index contributed by atoms with van der Waals surface area (Å²) in [6.07, 6.45) is 5.48. The summed E-state index contributed by atoms with van der Waals surface area (Å²) in [5.41, 5.74) is 2.11. The minimum Gasteiger partial charge on any atom is -0.359 e. The van der Waals surface area contributed by atoms with E-state index < -0.39 is 0 Å². The second-order valence-corrected chi connectivity index (χ2v) is 7.94. The fourth-order valence-electron chi connectivity index (χ4n) is 3.87. The molecule has 21 heavy (non-hydrogen) atoms. The second kappa shape index (κ2) is 5.21. The van der Waals surface area contributed by atoms with Crippen LogP contribution in [0.15, 0.2) is 18.2 Å². The summed E-state index contributed by atoms with van der Waals surface area (Å²) in [7, 11) is 0. The van der Waals surface area contributed by atoms with Crippen molar-refractivity contribution in [3.8, 4) is 0 Å². The molecule has 3 atom stereocenters. The molecule has 4 rings (SSSR count). The lowest BCUT2D eigenvalue weighted by Gasteiger charge is -2.24. The van der Waals surface area contributed by atoms with Gasteiger partial charge in [-0.25, -0.2) is 4.98 Å². The van der Waals surface area contributed by atoms with Crippen LogP contribution in [-0.4, -0.2) is 16.1 Å². The monoisotopic (exact) mass is 317 g/mol. The van der Waals surface area contributed by atoms with Crippen LogP contribution in [0.3, 0.4) is 0 Å². The number of aromatic nitrogens is 1. The van der Waals surface area contributed by atoms with Crippen LogP contribution in [-0.2, 0) is 0 Å². The highest BCUT2D eigenvalue weighted by Gasteiger charge is 2.39. The third-order valence-electron chi connectivity index (χ3n) is 4.81. The van der Waals surface area contributed by atoms with Crippen molar-refractivity contribution in [3.63, 3.8) is 0 Å². The number of nitrogens with one attached hydrogen (secondary N) is 2. The molecule has 2 saturated carbocycles. The number of benzene rings is 1. The maximum atomic E-state index is 5.48. The number of thiocarbonyl (C=S) groups is 1. The lowest BCUT2D eigenvalue weighted by Crippen LogP contribution is -2.40. The molecule has 5 heteroatoms. The van der Waals surface area contributed by atoms with Crippen LogP contribution in [0.1, 0.15) is 30.7 Å². The van der Waals surface area contributed by atoms with Crippen molar-refractivity contribution in [2.45, 2.75) is 38.6 Å². The Bertz CT molecular complexity index is 694. The molecular formula is C16H19N3S2. The summed E-state index contributed by atoms with van der Waals surface area (Å²) in [4.78, 5) is 4.48. The van der Waals surface area contributed by atoms with E-state index in [9.17, 15) is 0 Å². The number of thiazole rings is 1. The summed E-state index contributed by atoms with van der Waals surface area (Å²) in [5, 5.41) is 8.71. The van der Waals surface area contributed by atoms with Crippen molar-refractivity contribution in [1.29, 1.82) is 0 Å². The topological polar surface area (TPSA) is 37.0 Å². The number of hydrogen-bond donors (Lipinski definition) is 2. The summed E-state index contributed by atoms with van der Waals surface area (Å²) >= 11 is 7.20. The molecule has 110 valence electrons. The molecular weight excluding hydrogens is 298 g/mol. The van der Waals surface area contributed by atoms with Crippen LogP contribution in [0.4, 0.5) is 5.69 Å². The molecule has 2 N–H and O–H groups in total. The van der Waals surface area contributed by atoms with Gasteiger partial charge in [0.2, 0.25) is 0 Å². The van der Waals surface area contributed by atoms with Gasteiger partial charge in [0.05, 0.1) is 15.2 Å². The summed E-state index contributed by atoms with van der Waals surface area (Å²) < 4.78 is 1.21. The molecule has 2 aromatic rings. The van der Waals surface area contributed by atoms with Crippen LogP contribution >= 0.6 is 23.6 Å². The van der Waals surface area contributed by atoms with Crippen molar-refractivity contribution in [3.05, 3.63) is 23.2 Å². The molecule has 1 aromatic carbocycles. The number of rotatable bonds is 2. The minimum absolute atomic E-state index is 0.582. The zero-order valence-electron chi connectivity index (χ0n) is 12.1. The molecule has 2 aliphatic carbocycles. The molecule has 2 aliphatic rings. The van der Waals surface area contributed by atoms with Crippen LogP contribution < -0.4 is 10.6 Å². The molecule has 1 aromatic heterocycles. The van der Waals surface area contributed by atoms with Crippen molar-refractivity contribution in [2.75, 3.05) is 5.32 Å². The van der Waals surface area contributed by atoms with Gasteiger partial charge in [0, 0.05) is 11.7 Å². The molecule has 0 spiro atoms. The van der Waals surface area contributed by atoms with Gasteiger partial charge < -0.3 is 10.6 Å². The van der Waals surface area contributed by atoms with Gasteiger partial charge in [-0.2, -0.15) is 0 Å². The SMILES string of the molecule is Cc1nc2ccc(NC(=S)N[C@@H]3C[C@H]4CC[C@@H]3C4)cc2s1. The van der Waals surface area contributed by atoms with E-state index in [1.54, 1.807) is 11.3 Å². The van der Waals surface area contributed by atoms with E-state index in [2.05, 4.69) is 33.8 Å². The fourth-order valence-corrected chi connectivity index (χ4v) is 5.01. The van der Waals surface area contributed by atoms with E-state index in [4.69, 9.17) is 12.2 Å². The van der Waals surface area contributed by atoms with Crippen LogP contribution in [0.5, 0.6) is 0 Å². The first kappa shape index (κ1) is 13.5. The highest BCUT2D eigenvalue weighted by molar-refractivity contribution is 7.80. The average molecular weight is 317 g/mol. The number of aryl methyl sites for hydroxylation is 1. The normalized spacial score (nSPS) is 27.2. The van der Waals surface area contributed by atoms with E-state index in [0.29, 0.717) is 6.04 Å². The first-order valence-corrected chi connectivity index (χ1v) is 8.84. The first-order chi connectivity index (χ1) is 10.2. The molecule has 0 saturated heterocycles. The van der Waals surface area contributed by atoms with Gasteiger partial charge in [0.1, 0.15) is 0 Å². The Labute approximate surface area is 134 Å². The Kier molecular flexibility index (Phi) is 3.34. The zero-order valence-corrected chi connectivity index (χ0v) is 13.7. The molecule has 2 bridgehead atoms. The fraction of sp³-hybridized carbons (Fsp3) is 0.500. The first-order valence-electron chi connectivity index (χ1n) is 7.62. The van der Waals surface area contributed by atoms with E-state index >= 15 is 0 Å². The highest BCUT2D eigenvalue weighted by Crippen LogP contribution is 2.44. The van der Waals surface area contributed by atoms with Gasteiger partial charge in [-0.05, 0) is 68.4 Å². The average Bonchev–Trinajstić information content (AvgIpc) is 3.11. The molecule has 3 nitrogen and oxygen atoms in total. The Balaban J connectivity index is 1.43. The predicted octanol–water partition coefficient (Wildman–Crippen LogP) is 4.08. The highest BCUT2D eigenvalue weighted by atomic mass is 32.1. The standard InChI is InChI=1S/C16H19N3S2/c1-9-17-13-5-4-12(8-15(13)21-9)18-16(20)19-14-7-10-2-3-11(14)6-10/h4-5,8,10-11,14H,2-3,6-7H2,1H3,(H2,18,19,20)/t10-,11+,14+/m0/s1. The summed E-state index contributed by atoms with van der Waals surface area (Å²) in [6.45, 7) is 2.04. The summed E-state index contributed by atoms with van der Waals surface area (Å²) in [6, 6.07) is 6.82. The molecule has 1 heterocycles. The van der Waals surface area contributed by atoms with Gasteiger partial charge in [0.25, 0.3) is 0 Å². The van der Waals surface area contributed by atoms with Gasteiger partial charge in [-0.1, -0.05) is 6.42 Å². The van der Waals surface area contributed by atoms with Gasteiger partial charge in [-0.3, -0.25) is 0 Å². The third kappa shape index (κ3) is 2.64. The quantitative estimate of drug-likeness (QED) is 0.818. The molecule has 0 radical (unpaired) electrons. The zero-order chi connectivity index (χ0) is 14.4. The minimum atomic E-state index is 0.582. The van der Waals surface area contributed by atoms with Crippen molar-refractivity contribution in [1.82, 2.24) is 10.3 Å². The second-order valence-electron chi connectivity index (χ2n) is 6.30. The van der Waals surface area contributed by atoms with Crippen molar-refractivity contribution in [2.24, 2.45) is 11.8 Å². The van der Waals surface area contributed by atoms with Gasteiger partial charge in [0.15, 0.2) is 5.11 Å².